The van der Waals surface area contributed by atoms with Crippen LogP contribution >= 0.6 is 11.6 Å². The maximum Gasteiger partial charge on any atom is 0.138 e. The average molecular weight is 382 g/mol. The minimum atomic E-state index is -0.227. The van der Waals surface area contributed by atoms with Crippen LogP contribution in [0.5, 0.6) is 0 Å². The van der Waals surface area contributed by atoms with Gasteiger partial charge in [0.05, 0.1) is 12.1 Å². The van der Waals surface area contributed by atoms with Gasteiger partial charge in [0.15, 0.2) is 0 Å². The van der Waals surface area contributed by atoms with Crippen molar-refractivity contribution in [3.05, 3.63) is 71.4 Å². The van der Waals surface area contributed by atoms with Gasteiger partial charge in [0, 0.05) is 32.1 Å². The fraction of sp³-hybridized carbons (Fsp3) is 0.318. The Kier molecular flexibility index (Phi) is 5.30. The first-order chi connectivity index (χ1) is 13.2. The van der Waals surface area contributed by atoms with Crippen LogP contribution in [0, 0.1) is 0 Å². The van der Waals surface area contributed by atoms with E-state index < -0.39 is 0 Å². The maximum absolute atomic E-state index is 6.39. The first-order valence-corrected chi connectivity index (χ1v) is 9.66. The van der Waals surface area contributed by atoms with Crippen LogP contribution in [-0.2, 0) is 11.2 Å². The summed E-state index contributed by atoms with van der Waals surface area (Å²) < 4.78 is 5.71. The summed E-state index contributed by atoms with van der Waals surface area (Å²) in [5.41, 5.74) is 1.06. The van der Waals surface area contributed by atoms with E-state index in [1.807, 2.05) is 12.1 Å². The van der Waals surface area contributed by atoms with Crippen LogP contribution in [0.25, 0.3) is 10.8 Å². The van der Waals surface area contributed by atoms with Gasteiger partial charge in [-0.1, -0.05) is 66.2 Å². The number of methoxy groups -OCH3 is 1. The summed E-state index contributed by atoms with van der Waals surface area (Å²) in [5, 5.41) is 6.31. The summed E-state index contributed by atoms with van der Waals surface area (Å²) in [6.07, 6.45) is 0.872. The molecular weight excluding hydrogens is 358 g/mol. The minimum Gasteiger partial charge on any atom is -0.382 e. The number of hydrogen-bond acceptors (Lipinski definition) is 4. The predicted molar refractivity (Wildman–Crippen MR) is 112 cm³/mol. The second-order valence-corrected chi connectivity index (χ2v) is 7.53. The van der Waals surface area contributed by atoms with Crippen LogP contribution in [0.4, 0.5) is 5.82 Å². The molecule has 2 heterocycles. The molecular formula is C22H24ClN3O. The second kappa shape index (κ2) is 7.85. The molecule has 1 N–H and O–H groups in total. The van der Waals surface area contributed by atoms with Gasteiger partial charge < -0.3 is 15.0 Å². The number of hydrogen-bond donors (Lipinski definition) is 1. The molecule has 1 aliphatic rings. The summed E-state index contributed by atoms with van der Waals surface area (Å²) in [5.74, 6) is 0.938. The molecule has 1 unspecified atom stereocenters. The van der Waals surface area contributed by atoms with Gasteiger partial charge in [-0.05, 0) is 23.4 Å². The number of aromatic nitrogens is 1. The van der Waals surface area contributed by atoms with Crippen molar-refractivity contribution in [2.24, 2.45) is 0 Å². The molecule has 140 valence electrons. The highest BCUT2D eigenvalue weighted by Crippen LogP contribution is 2.34. The Hall–Kier alpha value is -2.14. The number of benzene rings is 2. The van der Waals surface area contributed by atoms with Crippen molar-refractivity contribution in [2.75, 3.05) is 38.3 Å². The van der Waals surface area contributed by atoms with Crippen LogP contribution in [0.3, 0.4) is 0 Å². The van der Waals surface area contributed by atoms with Gasteiger partial charge in [0.1, 0.15) is 11.0 Å². The van der Waals surface area contributed by atoms with Crippen molar-refractivity contribution < 1.29 is 4.74 Å². The van der Waals surface area contributed by atoms with Crippen molar-refractivity contribution in [2.45, 2.75) is 12.0 Å². The molecule has 5 heteroatoms. The fourth-order valence-electron chi connectivity index (χ4n) is 4.11. The van der Waals surface area contributed by atoms with E-state index in [1.165, 1.54) is 5.56 Å². The van der Waals surface area contributed by atoms with Crippen molar-refractivity contribution in [1.29, 1.82) is 0 Å². The molecule has 0 bridgehead atoms. The quantitative estimate of drug-likeness (QED) is 0.679. The van der Waals surface area contributed by atoms with Crippen LogP contribution in [-0.4, -0.2) is 43.9 Å². The van der Waals surface area contributed by atoms with E-state index in [-0.39, 0.29) is 5.54 Å². The molecule has 4 nitrogen and oxygen atoms in total. The predicted octanol–water partition coefficient (Wildman–Crippen LogP) is 3.93. The van der Waals surface area contributed by atoms with Gasteiger partial charge in [-0.2, -0.15) is 0 Å². The highest BCUT2D eigenvalue weighted by molar-refractivity contribution is 6.30. The van der Waals surface area contributed by atoms with Crippen molar-refractivity contribution in [3.63, 3.8) is 0 Å². The van der Waals surface area contributed by atoms with Gasteiger partial charge in [-0.15, -0.1) is 0 Å². The first-order valence-electron chi connectivity index (χ1n) is 9.28. The Morgan fingerprint density at radius 2 is 1.93 bits per heavy atom. The molecule has 3 aromatic rings. The number of halogens is 1. The topological polar surface area (TPSA) is 37.4 Å². The lowest BCUT2D eigenvalue weighted by Gasteiger charge is -2.48. The molecule has 27 heavy (non-hydrogen) atoms. The molecule has 0 spiro atoms. The highest BCUT2D eigenvalue weighted by atomic mass is 35.5. The van der Waals surface area contributed by atoms with E-state index in [4.69, 9.17) is 21.3 Å². The summed E-state index contributed by atoms with van der Waals surface area (Å²) >= 11 is 6.39. The highest BCUT2D eigenvalue weighted by Gasteiger charge is 2.40. The number of piperazine rings is 1. The fourth-order valence-corrected chi connectivity index (χ4v) is 4.31. The van der Waals surface area contributed by atoms with Gasteiger partial charge in [0.2, 0.25) is 0 Å². The van der Waals surface area contributed by atoms with E-state index in [9.17, 15) is 0 Å². The SMILES string of the molecule is COCC1(Cc2ccccc2)CNCCN1c1nc(Cl)cc2ccccc12. The molecule has 2 aromatic carbocycles. The molecule has 1 aliphatic heterocycles. The lowest BCUT2D eigenvalue weighted by molar-refractivity contribution is 0.116. The van der Waals surface area contributed by atoms with Crippen LogP contribution in [0.1, 0.15) is 5.56 Å². The molecule has 1 saturated heterocycles. The molecule has 4 rings (SSSR count). The first kappa shape index (κ1) is 18.2. The number of pyridine rings is 1. The van der Waals surface area contributed by atoms with Gasteiger partial charge in [0.25, 0.3) is 0 Å². The zero-order valence-electron chi connectivity index (χ0n) is 15.5. The molecule has 1 aromatic heterocycles. The van der Waals surface area contributed by atoms with E-state index in [0.717, 1.165) is 42.6 Å². The largest absolute Gasteiger partial charge is 0.382 e. The molecule has 0 radical (unpaired) electrons. The number of ether oxygens (including phenoxy) is 1. The van der Waals surface area contributed by atoms with Crippen LogP contribution in [0.2, 0.25) is 5.15 Å². The Bertz CT molecular complexity index is 914. The third kappa shape index (κ3) is 3.65. The Balaban J connectivity index is 1.83. The van der Waals surface area contributed by atoms with Crippen LogP contribution in [0.15, 0.2) is 60.7 Å². The third-order valence-corrected chi connectivity index (χ3v) is 5.47. The van der Waals surface area contributed by atoms with E-state index >= 15 is 0 Å². The summed E-state index contributed by atoms with van der Waals surface area (Å²) in [7, 11) is 1.77. The smallest absolute Gasteiger partial charge is 0.138 e. The second-order valence-electron chi connectivity index (χ2n) is 7.14. The Morgan fingerprint density at radius 1 is 1.15 bits per heavy atom. The minimum absolute atomic E-state index is 0.227. The zero-order chi connectivity index (χ0) is 18.7. The standard InChI is InChI=1S/C22H24ClN3O/c1-27-16-22(14-17-7-3-2-4-8-17)15-24-11-12-26(22)21-19-10-6-5-9-18(19)13-20(23)25-21/h2-10,13,24H,11-12,14-16H2,1H3. The number of nitrogens with one attached hydrogen (secondary N) is 1. The van der Waals surface area contributed by atoms with E-state index in [1.54, 1.807) is 7.11 Å². The number of fused-ring (bicyclic) bond motifs is 1. The van der Waals surface area contributed by atoms with Crippen molar-refractivity contribution in [3.8, 4) is 0 Å². The number of nitrogens with zero attached hydrogens (tertiary/aromatic N) is 2. The average Bonchev–Trinajstić information content (AvgIpc) is 2.69. The molecule has 0 amide bonds. The zero-order valence-corrected chi connectivity index (χ0v) is 16.2. The molecule has 0 aliphatic carbocycles. The number of rotatable bonds is 5. The molecule has 0 saturated carbocycles. The normalized spacial score (nSPS) is 20.1. The van der Waals surface area contributed by atoms with Gasteiger partial charge in [-0.25, -0.2) is 4.98 Å². The monoisotopic (exact) mass is 381 g/mol. The van der Waals surface area contributed by atoms with Crippen molar-refractivity contribution >= 4 is 28.2 Å². The van der Waals surface area contributed by atoms with Gasteiger partial charge >= 0.3 is 0 Å². The Labute approximate surface area is 165 Å². The summed E-state index contributed by atoms with van der Waals surface area (Å²) in [4.78, 5) is 7.15. The van der Waals surface area contributed by atoms with E-state index in [0.29, 0.717) is 11.8 Å². The third-order valence-electron chi connectivity index (χ3n) is 5.27. The van der Waals surface area contributed by atoms with Gasteiger partial charge in [-0.3, -0.25) is 0 Å². The summed E-state index contributed by atoms with van der Waals surface area (Å²) in [6, 6.07) is 20.8. The Morgan fingerprint density at radius 3 is 2.74 bits per heavy atom. The van der Waals surface area contributed by atoms with E-state index in [2.05, 4.69) is 58.7 Å². The lowest BCUT2D eigenvalue weighted by atomic mass is 9.87. The maximum atomic E-state index is 6.39. The lowest BCUT2D eigenvalue weighted by Crippen LogP contribution is -2.65. The van der Waals surface area contributed by atoms with Crippen molar-refractivity contribution in [1.82, 2.24) is 10.3 Å². The molecule has 1 fully saturated rings. The summed E-state index contributed by atoms with van der Waals surface area (Å²) in [6.45, 7) is 3.20. The molecule has 1 atom stereocenters. The number of anilines is 1. The van der Waals surface area contributed by atoms with Crippen LogP contribution < -0.4 is 10.2 Å².